The normalized spacial score (nSPS) is 11.7. The minimum Gasteiger partial charge on any atom is -0.467 e. The van der Waals surface area contributed by atoms with Crippen molar-refractivity contribution in [2.45, 2.75) is 12.5 Å². The van der Waals surface area contributed by atoms with Gasteiger partial charge in [0.1, 0.15) is 6.04 Å². The maximum absolute atomic E-state index is 12.3. The van der Waals surface area contributed by atoms with Gasteiger partial charge in [-0.1, -0.05) is 0 Å². The molecule has 0 saturated heterocycles. The standard InChI is InChI=1S/C15H17N3O4S/c1-21-15(20)12(7-8-23-2)17-13(19)10-3-5-11(6-4-10)14-18-16-9-22-14/h3-6,9,12H,7-8H2,1-2H3,(H,17,19)/t12-/m0/s1. The number of rotatable bonds is 7. The molecule has 2 rings (SSSR count). The molecular weight excluding hydrogens is 318 g/mol. The lowest BCUT2D eigenvalue weighted by atomic mass is 10.1. The molecule has 23 heavy (non-hydrogen) atoms. The van der Waals surface area contributed by atoms with E-state index in [1.165, 1.54) is 13.5 Å². The predicted molar refractivity (Wildman–Crippen MR) is 86.0 cm³/mol. The highest BCUT2D eigenvalue weighted by molar-refractivity contribution is 7.98. The van der Waals surface area contributed by atoms with Gasteiger partial charge >= 0.3 is 5.97 Å². The summed E-state index contributed by atoms with van der Waals surface area (Å²) in [6, 6.07) is 6.03. The fraction of sp³-hybridized carbons (Fsp3) is 0.333. The molecule has 1 heterocycles. The molecule has 0 bridgehead atoms. The van der Waals surface area contributed by atoms with Crippen molar-refractivity contribution in [3.63, 3.8) is 0 Å². The zero-order valence-electron chi connectivity index (χ0n) is 12.8. The van der Waals surface area contributed by atoms with Crippen LogP contribution in [0.25, 0.3) is 11.5 Å². The van der Waals surface area contributed by atoms with E-state index in [1.54, 1.807) is 36.0 Å². The second-order valence-corrected chi connectivity index (χ2v) is 5.64. The number of ether oxygens (including phenoxy) is 1. The summed E-state index contributed by atoms with van der Waals surface area (Å²) in [6.45, 7) is 0. The van der Waals surface area contributed by atoms with Crippen molar-refractivity contribution in [1.82, 2.24) is 15.5 Å². The van der Waals surface area contributed by atoms with Crippen molar-refractivity contribution < 1.29 is 18.7 Å². The molecule has 0 saturated carbocycles. The molecule has 0 spiro atoms. The summed E-state index contributed by atoms with van der Waals surface area (Å²) in [5.41, 5.74) is 1.15. The van der Waals surface area contributed by atoms with Gasteiger partial charge < -0.3 is 14.5 Å². The first kappa shape index (κ1) is 17.0. The van der Waals surface area contributed by atoms with Crippen LogP contribution in [0.1, 0.15) is 16.8 Å². The van der Waals surface area contributed by atoms with Crippen LogP contribution in [0.15, 0.2) is 35.1 Å². The Kier molecular flexibility index (Phi) is 6.16. The third-order valence-electron chi connectivity index (χ3n) is 3.16. The van der Waals surface area contributed by atoms with Gasteiger partial charge in [-0.15, -0.1) is 10.2 Å². The van der Waals surface area contributed by atoms with E-state index in [-0.39, 0.29) is 5.91 Å². The summed E-state index contributed by atoms with van der Waals surface area (Å²) in [6.07, 6.45) is 3.69. The van der Waals surface area contributed by atoms with Crippen LogP contribution in [0.3, 0.4) is 0 Å². The molecule has 8 heteroatoms. The molecular formula is C15H17N3O4S. The fourth-order valence-electron chi connectivity index (χ4n) is 1.93. The zero-order valence-corrected chi connectivity index (χ0v) is 13.6. The maximum atomic E-state index is 12.3. The average molecular weight is 335 g/mol. The fourth-order valence-corrected chi connectivity index (χ4v) is 2.40. The molecule has 0 fully saturated rings. The molecule has 1 aromatic heterocycles. The van der Waals surface area contributed by atoms with Gasteiger partial charge in [-0.3, -0.25) is 4.79 Å². The number of nitrogens with one attached hydrogen (secondary N) is 1. The van der Waals surface area contributed by atoms with Crippen molar-refractivity contribution in [1.29, 1.82) is 0 Å². The second kappa shape index (κ2) is 8.33. The number of nitrogens with zero attached hydrogens (tertiary/aromatic N) is 2. The van der Waals surface area contributed by atoms with Crippen LogP contribution in [-0.2, 0) is 9.53 Å². The monoisotopic (exact) mass is 335 g/mol. The number of hydrogen-bond donors (Lipinski definition) is 1. The smallest absolute Gasteiger partial charge is 0.328 e. The van der Waals surface area contributed by atoms with Gasteiger partial charge in [0.25, 0.3) is 5.91 Å². The van der Waals surface area contributed by atoms with Crippen LogP contribution in [0.4, 0.5) is 0 Å². The predicted octanol–water partition coefficient (Wildman–Crippen LogP) is 1.76. The average Bonchev–Trinajstić information content (AvgIpc) is 3.12. The van der Waals surface area contributed by atoms with Crippen LogP contribution >= 0.6 is 11.8 Å². The minimum absolute atomic E-state index is 0.335. The van der Waals surface area contributed by atoms with E-state index in [2.05, 4.69) is 15.5 Å². The molecule has 0 radical (unpaired) electrons. The first-order valence-corrected chi connectivity index (χ1v) is 8.29. The van der Waals surface area contributed by atoms with E-state index >= 15 is 0 Å². The highest BCUT2D eigenvalue weighted by atomic mass is 32.2. The van der Waals surface area contributed by atoms with Crippen LogP contribution < -0.4 is 5.32 Å². The second-order valence-electron chi connectivity index (χ2n) is 4.65. The lowest BCUT2D eigenvalue weighted by Gasteiger charge is -2.16. The van der Waals surface area contributed by atoms with Gasteiger partial charge in [0.2, 0.25) is 12.3 Å². The minimum atomic E-state index is -0.657. The summed E-state index contributed by atoms with van der Waals surface area (Å²) in [5, 5.41) is 10.1. The van der Waals surface area contributed by atoms with E-state index in [0.717, 1.165) is 5.75 Å². The Hall–Kier alpha value is -2.35. The molecule has 1 N–H and O–H groups in total. The van der Waals surface area contributed by atoms with Gasteiger partial charge in [-0.2, -0.15) is 11.8 Å². The summed E-state index contributed by atoms with van der Waals surface area (Å²) < 4.78 is 9.81. The Morgan fingerprint density at radius 2 is 2.09 bits per heavy atom. The Balaban J connectivity index is 2.05. The Morgan fingerprint density at radius 3 is 2.65 bits per heavy atom. The number of benzene rings is 1. The molecule has 0 unspecified atom stereocenters. The van der Waals surface area contributed by atoms with Gasteiger partial charge in [-0.25, -0.2) is 4.79 Å². The van der Waals surface area contributed by atoms with Crippen molar-refractivity contribution in [3.8, 4) is 11.5 Å². The lowest BCUT2D eigenvalue weighted by molar-refractivity contribution is -0.142. The number of hydrogen-bond acceptors (Lipinski definition) is 7. The number of carbonyl (C=O) groups is 2. The highest BCUT2D eigenvalue weighted by Crippen LogP contribution is 2.16. The molecule has 7 nitrogen and oxygen atoms in total. The summed E-state index contributed by atoms with van der Waals surface area (Å²) in [5.74, 6) is 0.341. The summed E-state index contributed by atoms with van der Waals surface area (Å²) >= 11 is 1.60. The Morgan fingerprint density at radius 1 is 1.35 bits per heavy atom. The molecule has 1 aromatic carbocycles. The van der Waals surface area contributed by atoms with Crippen molar-refractivity contribution in [3.05, 3.63) is 36.2 Å². The SMILES string of the molecule is COC(=O)[C@H](CCSC)NC(=O)c1ccc(-c2nnco2)cc1. The number of amides is 1. The number of carbonyl (C=O) groups excluding carboxylic acids is 2. The van der Waals surface area contributed by atoms with E-state index in [1.807, 2.05) is 6.26 Å². The van der Waals surface area contributed by atoms with Crippen molar-refractivity contribution >= 4 is 23.6 Å². The molecule has 0 aliphatic carbocycles. The molecule has 2 aromatic rings. The molecule has 0 aliphatic heterocycles. The Labute approximate surface area is 137 Å². The van der Waals surface area contributed by atoms with Crippen LogP contribution in [0.5, 0.6) is 0 Å². The maximum Gasteiger partial charge on any atom is 0.328 e. The third kappa shape index (κ3) is 4.56. The third-order valence-corrected chi connectivity index (χ3v) is 3.80. The van der Waals surface area contributed by atoms with Gasteiger partial charge in [0.05, 0.1) is 7.11 Å². The van der Waals surface area contributed by atoms with Crippen molar-refractivity contribution in [2.75, 3.05) is 19.1 Å². The lowest BCUT2D eigenvalue weighted by Crippen LogP contribution is -2.41. The van der Waals surface area contributed by atoms with Gasteiger partial charge in [0.15, 0.2) is 0 Å². The first-order chi connectivity index (χ1) is 11.2. The molecule has 1 amide bonds. The number of aromatic nitrogens is 2. The number of methoxy groups -OCH3 is 1. The number of esters is 1. The van der Waals surface area contributed by atoms with Crippen molar-refractivity contribution in [2.24, 2.45) is 0 Å². The topological polar surface area (TPSA) is 94.3 Å². The van der Waals surface area contributed by atoms with Crippen LogP contribution in [0, 0.1) is 0 Å². The zero-order chi connectivity index (χ0) is 16.7. The number of thioether (sulfide) groups is 1. The van der Waals surface area contributed by atoms with E-state index in [4.69, 9.17) is 9.15 Å². The Bertz CT molecular complexity index is 643. The summed E-state index contributed by atoms with van der Waals surface area (Å²) in [7, 11) is 1.31. The molecule has 0 aliphatic rings. The van der Waals surface area contributed by atoms with Crippen LogP contribution in [0.2, 0.25) is 0 Å². The molecule has 1 atom stereocenters. The van der Waals surface area contributed by atoms with E-state index in [0.29, 0.717) is 23.4 Å². The van der Waals surface area contributed by atoms with Crippen LogP contribution in [-0.4, -0.2) is 47.2 Å². The highest BCUT2D eigenvalue weighted by Gasteiger charge is 2.21. The van der Waals surface area contributed by atoms with E-state index in [9.17, 15) is 9.59 Å². The summed E-state index contributed by atoms with van der Waals surface area (Å²) in [4.78, 5) is 24.0. The molecule has 122 valence electrons. The van der Waals surface area contributed by atoms with Gasteiger partial charge in [0, 0.05) is 11.1 Å². The largest absolute Gasteiger partial charge is 0.467 e. The quantitative estimate of drug-likeness (QED) is 0.770. The van der Waals surface area contributed by atoms with E-state index < -0.39 is 12.0 Å². The van der Waals surface area contributed by atoms with Gasteiger partial charge in [-0.05, 0) is 42.7 Å². The first-order valence-electron chi connectivity index (χ1n) is 6.90.